The molecular weight excluding hydrogens is 262 g/mol. The summed E-state index contributed by atoms with van der Waals surface area (Å²) >= 11 is 0. The second-order valence-electron chi connectivity index (χ2n) is 6.70. The average molecular weight is 283 g/mol. The lowest BCUT2D eigenvalue weighted by molar-refractivity contribution is 0.0672. The number of benzene rings is 1. The van der Waals surface area contributed by atoms with Gasteiger partial charge in [-0.3, -0.25) is 5.10 Å². The summed E-state index contributed by atoms with van der Waals surface area (Å²) in [6.07, 6.45) is 4.81. The number of nitriles is 1. The van der Waals surface area contributed by atoms with Crippen LogP contribution in [0.1, 0.15) is 38.7 Å². The molecule has 2 unspecified atom stereocenters. The monoisotopic (exact) mass is 283 g/mol. The van der Waals surface area contributed by atoms with E-state index >= 15 is 0 Å². The molecule has 21 heavy (non-hydrogen) atoms. The minimum atomic E-state index is 0.0641. The maximum Gasteiger partial charge on any atom is 0.123 e. The highest BCUT2D eigenvalue weighted by molar-refractivity contribution is 5.83. The van der Waals surface area contributed by atoms with E-state index in [9.17, 15) is 5.26 Å². The Morgan fingerprint density at radius 3 is 3.00 bits per heavy atom. The third-order valence-corrected chi connectivity index (χ3v) is 4.85. The van der Waals surface area contributed by atoms with E-state index in [1.807, 2.05) is 18.3 Å². The van der Waals surface area contributed by atoms with Crippen molar-refractivity contribution in [2.45, 2.75) is 46.1 Å². The van der Waals surface area contributed by atoms with Crippen molar-refractivity contribution in [3.8, 4) is 11.8 Å². The Balaban J connectivity index is 1.80. The summed E-state index contributed by atoms with van der Waals surface area (Å²) in [5.74, 6) is 0.972. The molecule has 1 aromatic heterocycles. The van der Waals surface area contributed by atoms with Crippen LogP contribution in [0.3, 0.4) is 0 Å². The summed E-state index contributed by atoms with van der Waals surface area (Å²) in [7, 11) is 0. The predicted molar refractivity (Wildman–Crippen MR) is 82.0 cm³/mol. The number of aromatic nitrogens is 2. The summed E-state index contributed by atoms with van der Waals surface area (Å²) in [4.78, 5) is 0. The minimum Gasteiger partial charge on any atom is -0.490 e. The van der Waals surface area contributed by atoms with Crippen LogP contribution in [0.5, 0.6) is 5.75 Å². The molecule has 0 amide bonds. The molecule has 4 nitrogen and oxygen atoms in total. The van der Waals surface area contributed by atoms with Crippen LogP contribution in [0.4, 0.5) is 0 Å². The van der Waals surface area contributed by atoms with Gasteiger partial charge in [-0.2, -0.15) is 10.4 Å². The van der Waals surface area contributed by atoms with E-state index in [4.69, 9.17) is 4.74 Å². The Hall–Kier alpha value is -2.02. The zero-order valence-electron chi connectivity index (χ0n) is 12.8. The van der Waals surface area contributed by atoms with Gasteiger partial charge >= 0.3 is 0 Å². The molecular formula is C17H21N3O. The SMILES string of the molecule is Cc1c(OC2CCC(C)(C)C(C#N)C2)ccc2[nH]ncc12. The van der Waals surface area contributed by atoms with Crippen molar-refractivity contribution in [1.29, 1.82) is 5.26 Å². The lowest BCUT2D eigenvalue weighted by Gasteiger charge is -2.38. The molecule has 0 saturated heterocycles. The quantitative estimate of drug-likeness (QED) is 0.907. The maximum absolute atomic E-state index is 9.36. The van der Waals surface area contributed by atoms with Gasteiger partial charge in [-0.15, -0.1) is 0 Å². The van der Waals surface area contributed by atoms with Gasteiger partial charge in [-0.1, -0.05) is 13.8 Å². The van der Waals surface area contributed by atoms with Gasteiger partial charge in [-0.05, 0) is 37.3 Å². The molecule has 1 aliphatic rings. The highest BCUT2D eigenvalue weighted by Crippen LogP contribution is 2.41. The van der Waals surface area contributed by atoms with Crippen LogP contribution >= 0.6 is 0 Å². The number of hydrogen-bond donors (Lipinski definition) is 1. The molecule has 2 atom stereocenters. The van der Waals surface area contributed by atoms with Crippen LogP contribution in [0.25, 0.3) is 10.9 Å². The van der Waals surface area contributed by atoms with Crippen molar-refractivity contribution in [2.75, 3.05) is 0 Å². The molecule has 1 aromatic carbocycles. The van der Waals surface area contributed by atoms with Crippen molar-refractivity contribution in [3.63, 3.8) is 0 Å². The average Bonchev–Trinajstić information content (AvgIpc) is 2.93. The number of hydrogen-bond acceptors (Lipinski definition) is 3. The second-order valence-corrected chi connectivity index (χ2v) is 6.70. The molecule has 1 aliphatic carbocycles. The first kappa shape index (κ1) is 13.9. The number of aromatic amines is 1. The Bertz CT molecular complexity index is 696. The van der Waals surface area contributed by atoms with Gasteiger partial charge < -0.3 is 4.74 Å². The van der Waals surface area contributed by atoms with Crippen molar-refractivity contribution < 1.29 is 4.74 Å². The Labute approximate surface area is 125 Å². The molecule has 0 aliphatic heterocycles. The molecule has 110 valence electrons. The van der Waals surface area contributed by atoms with Crippen molar-refractivity contribution in [1.82, 2.24) is 10.2 Å². The first-order valence-corrected chi connectivity index (χ1v) is 7.50. The number of aryl methyl sites for hydroxylation is 1. The van der Waals surface area contributed by atoms with Crippen LogP contribution in [-0.2, 0) is 0 Å². The summed E-state index contributed by atoms with van der Waals surface area (Å²) in [6, 6.07) is 6.45. The van der Waals surface area contributed by atoms with Gasteiger partial charge in [-0.25, -0.2) is 0 Å². The predicted octanol–water partition coefficient (Wildman–Crippen LogP) is 3.97. The van der Waals surface area contributed by atoms with E-state index in [-0.39, 0.29) is 17.4 Å². The van der Waals surface area contributed by atoms with E-state index < -0.39 is 0 Å². The van der Waals surface area contributed by atoms with Gasteiger partial charge in [0.05, 0.1) is 23.7 Å². The number of H-pyrrole nitrogens is 1. The van der Waals surface area contributed by atoms with E-state index in [1.165, 1.54) is 0 Å². The fourth-order valence-corrected chi connectivity index (χ4v) is 3.19. The smallest absolute Gasteiger partial charge is 0.123 e. The van der Waals surface area contributed by atoms with Gasteiger partial charge in [0.25, 0.3) is 0 Å². The Kier molecular flexibility index (Phi) is 3.36. The van der Waals surface area contributed by atoms with Crippen molar-refractivity contribution >= 4 is 10.9 Å². The van der Waals surface area contributed by atoms with Crippen LogP contribution in [0.2, 0.25) is 0 Å². The molecule has 1 N–H and O–H groups in total. The zero-order valence-corrected chi connectivity index (χ0v) is 12.8. The molecule has 0 radical (unpaired) electrons. The highest BCUT2D eigenvalue weighted by atomic mass is 16.5. The third kappa shape index (κ3) is 2.49. The van der Waals surface area contributed by atoms with Crippen LogP contribution in [0, 0.1) is 29.6 Å². The first-order chi connectivity index (χ1) is 10.0. The largest absolute Gasteiger partial charge is 0.490 e. The van der Waals surface area contributed by atoms with Crippen LogP contribution in [-0.4, -0.2) is 16.3 Å². The summed E-state index contributed by atoms with van der Waals surface area (Å²) < 4.78 is 6.20. The van der Waals surface area contributed by atoms with E-state index in [0.717, 1.165) is 41.5 Å². The molecule has 4 heteroatoms. The van der Waals surface area contributed by atoms with Gasteiger partial charge in [0, 0.05) is 17.4 Å². The Morgan fingerprint density at radius 2 is 2.24 bits per heavy atom. The summed E-state index contributed by atoms with van der Waals surface area (Å²) in [5, 5.41) is 17.5. The molecule has 1 fully saturated rings. The maximum atomic E-state index is 9.36. The topological polar surface area (TPSA) is 61.7 Å². The highest BCUT2D eigenvalue weighted by Gasteiger charge is 2.37. The minimum absolute atomic E-state index is 0.0641. The normalized spacial score (nSPS) is 24.7. The summed E-state index contributed by atoms with van der Waals surface area (Å²) in [6.45, 7) is 6.42. The first-order valence-electron chi connectivity index (χ1n) is 7.50. The molecule has 1 saturated carbocycles. The molecule has 0 spiro atoms. The third-order valence-electron chi connectivity index (χ3n) is 4.85. The number of ether oxygens (including phenoxy) is 1. The molecule has 3 rings (SSSR count). The zero-order chi connectivity index (χ0) is 15.0. The van der Waals surface area contributed by atoms with Gasteiger partial charge in [0.2, 0.25) is 0 Å². The summed E-state index contributed by atoms with van der Waals surface area (Å²) in [5.41, 5.74) is 2.23. The molecule has 2 aromatic rings. The van der Waals surface area contributed by atoms with E-state index in [0.29, 0.717) is 0 Å². The van der Waals surface area contributed by atoms with Crippen molar-refractivity contribution in [3.05, 3.63) is 23.9 Å². The van der Waals surface area contributed by atoms with Gasteiger partial charge in [0.1, 0.15) is 11.9 Å². The van der Waals surface area contributed by atoms with Gasteiger partial charge in [0.15, 0.2) is 0 Å². The number of fused-ring (bicyclic) bond motifs is 1. The lowest BCUT2D eigenvalue weighted by atomic mass is 9.68. The number of nitrogens with one attached hydrogen (secondary N) is 1. The molecule has 1 heterocycles. The number of rotatable bonds is 2. The van der Waals surface area contributed by atoms with E-state index in [1.54, 1.807) is 0 Å². The van der Waals surface area contributed by atoms with Crippen LogP contribution < -0.4 is 4.74 Å². The number of nitrogens with zero attached hydrogens (tertiary/aromatic N) is 2. The second kappa shape index (κ2) is 5.07. The lowest BCUT2D eigenvalue weighted by Crippen LogP contribution is -2.36. The van der Waals surface area contributed by atoms with Crippen LogP contribution in [0.15, 0.2) is 18.3 Å². The molecule has 0 bridgehead atoms. The fraction of sp³-hybridized carbons (Fsp3) is 0.529. The Morgan fingerprint density at radius 1 is 1.43 bits per heavy atom. The standard InChI is InChI=1S/C17H21N3O/c1-11-14-10-19-20-15(14)4-5-16(11)21-13-6-7-17(2,3)12(8-13)9-18/h4-5,10,12-13H,6-8H2,1-3H3,(H,19,20). The van der Waals surface area contributed by atoms with Crippen molar-refractivity contribution in [2.24, 2.45) is 11.3 Å². The van der Waals surface area contributed by atoms with E-state index in [2.05, 4.69) is 37.0 Å². The fourth-order valence-electron chi connectivity index (χ4n) is 3.19.